The largest absolute Gasteiger partial charge is 0.335 e. The van der Waals surface area contributed by atoms with Gasteiger partial charge in [-0.25, -0.2) is 12.8 Å². The first kappa shape index (κ1) is 17.1. The fraction of sp³-hybridized carbons (Fsp3) is 0.235. The third kappa shape index (κ3) is 4.39. The van der Waals surface area contributed by atoms with Crippen molar-refractivity contribution >= 4 is 15.7 Å². The minimum Gasteiger partial charge on any atom is -0.335 e. The predicted octanol–water partition coefficient (Wildman–Crippen LogP) is 2.89. The number of rotatable bonds is 5. The van der Waals surface area contributed by atoms with Crippen LogP contribution in [0.4, 0.5) is 4.39 Å². The molecule has 0 atom stereocenters. The van der Waals surface area contributed by atoms with Crippen LogP contribution in [-0.2, 0) is 16.4 Å². The van der Waals surface area contributed by atoms with Gasteiger partial charge in [0.1, 0.15) is 5.82 Å². The molecule has 2 rings (SSSR count). The van der Waals surface area contributed by atoms with Gasteiger partial charge in [-0.3, -0.25) is 4.79 Å². The maximum Gasteiger partial charge on any atom is 0.254 e. The van der Waals surface area contributed by atoms with E-state index in [1.165, 1.54) is 36.4 Å². The van der Waals surface area contributed by atoms with Crippen molar-refractivity contribution in [1.29, 1.82) is 0 Å². The van der Waals surface area contributed by atoms with Crippen LogP contribution in [0.2, 0.25) is 0 Å². The van der Waals surface area contributed by atoms with Crippen LogP contribution in [0, 0.1) is 5.82 Å². The summed E-state index contributed by atoms with van der Waals surface area (Å²) < 4.78 is 36.1. The number of hydrogen-bond acceptors (Lipinski definition) is 3. The third-order valence-corrected chi connectivity index (χ3v) is 4.59. The Labute approximate surface area is 135 Å². The van der Waals surface area contributed by atoms with Crippen molar-refractivity contribution in [3.8, 4) is 0 Å². The highest BCUT2D eigenvalue weighted by Crippen LogP contribution is 2.14. The van der Waals surface area contributed by atoms with Crippen molar-refractivity contribution in [3.63, 3.8) is 0 Å². The van der Waals surface area contributed by atoms with Crippen molar-refractivity contribution in [3.05, 3.63) is 65.5 Å². The molecule has 4 nitrogen and oxygen atoms in total. The van der Waals surface area contributed by atoms with E-state index in [-0.39, 0.29) is 16.6 Å². The number of amides is 1. The molecule has 0 unspecified atom stereocenters. The first-order chi connectivity index (χ1) is 10.8. The maximum atomic E-state index is 13.2. The lowest BCUT2D eigenvalue weighted by Crippen LogP contribution is -2.30. The summed E-state index contributed by atoms with van der Waals surface area (Å²) in [5.41, 5.74) is 1.10. The molecule has 122 valence electrons. The Morgan fingerprint density at radius 3 is 2.30 bits per heavy atom. The standard InChI is InChI=1S/C17H18FNO3S/c1-3-19(12-13-5-4-6-15(18)11-13)17(20)14-7-9-16(10-8-14)23(2,21)22/h4-11H,3,12H2,1-2H3. The fourth-order valence-electron chi connectivity index (χ4n) is 2.21. The van der Waals surface area contributed by atoms with Crippen molar-refractivity contribution in [2.75, 3.05) is 12.8 Å². The van der Waals surface area contributed by atoms with Gasteiger partial charge in [0.25, 0.3) is 5.91 Å². The van der Waals surface area contributed by atoms with E-state index in [1.807, 2.05) is 6.92 Å². The van der Waals surface area contributed by atoms with Gasteiger partial charge in [0.05, 0.1) is 4.90 Å². The van der Waals surface area contributed by atoms with Gasteiger partial charge in [-0.2, -0.15) is 0 Å². The summed E-state index contributed by atoms with van der Waals surface area (Å²) in [4.78, 5) is 14.3. The van der Waals surface area contributed by atoms with Crippen LogP contribution in [0.3, 0.4) is 0 Å². The minimum atomic E-state index is -3.29. The average Bonchev–Trinajstić information content (AvgIpc) is 2.51. The number of sulfone groups is 1. The molecule has 23 heavy (non-hydrogen) atoms. The molecule has 0 aliphatic heterocycles. The summed E-state index contributed by atoms with van der Waals surface area (Å²) >= 11 is 0. The highest BCUT2D eigenvalue weighted by atomic mass is 32.2. The van der Waals surface area contributed by atoms with Gasteiger partial charge in [-0.05, 0) is 48.9 Å². The first-order valence-corrected chi connectivity index (χ1v) is 9.04. The second-order valence-electron chi connectivity index (χ2n) is 5.25. The van der Waals surface area contributed by atoms with Crippen LogP contribution in [0.1, 0.15) is 22.8 Å². The van der Waals surface area contributed by atoms with Gasteiger partial charge >= 0.3 is 0 Å². The Balaban J connectivity index is 2.19. The molecule has 1 amide bonds. The van der Waals surface area contributed by atoms with E-state index in [1.54, 1.807) is 17.0 Å². The minimum absolute atomic E-state index is 0.169. The summed E-state index contributed by atoms with van der Waals surface area (Å²) in [5.74, 6) is -0.569. The fourth-order valence-corrected chi connectivity index (χ4v) is 2.84. The van der Waals surface area contributed by atoms with Crippen molar-refractivity contribution in [1.82, 2.24) is 4.90 Å². The van der Waals surface area contributed by atoms with Crippen molar-refractivity contribution in [2.24, 2.45) is 0 Å². The molecule has 2 aromatic rings. The van der Waals surface area contributed by atoms with E-state index < -0.39 is 9.84 Å². The van der Waals surface area contributed by atoms with Crippen LogP contribution in [-0.4, -0.2) is 32.0 Å². The monoisotopic (exact) mass is 335 g/mol. The smallest absolute Gasteiger partial charge is 0.254 e. The summed E-state index contributed by atoms with van der Waals surface area (Å²) in [7, 11) is -3.29. The zero-order chi connectivity index (χ0) is 17.0. The Hall–Kier alpha value is -2.21. The molecule has 6 heteroatoms. The van der Waals surface area contributed by atoms with E-state index >= 15 is 0 Å². The van der Waals surface area contributed by atoms with E-state index in [0.717, 1.165) is 6.26 Å². The molecule has 0 fully saturated rings. The third-order valence-electron chi connectivity index (χ3n) is 3.46. The number of nitrogens with zero attached hydrogens (tertiary/aromatic N) is 1. The molecule has 0 radical (unpaired) electrons. The van der Waals surface area contributed by atoms with Crippen LogP contribution in [0.25, 0.3) is 0 Å². The summed E-state index contributed by atoms with van der Waals surface area (Å²) in [6.07, 6.45) is 1.12. The molecular weight excluding hydrogens is 317 g/mol. The van der Waals surface area contributed by atoms with Crippen LogP contribution >= 0.6 is 0 Å². The van der Waals surface area contributed by atoms with Crippen molar-refractivity contribution < 1.29 is 17.6 Å². The van der Waals surface area contributed by atoms with Crippen LogP contribution in [0.5, 0.6) is 0 Å². The van der Waals surface area contributed by atoms with Gasteiger partial charge in [0.15, 0.2) is 9.84 Å². The molecule has 0 saturated heterocycles. The van der Waals surface area contributed by atoms with Gasteiger partial charge in [-0.1, -0.05) is 12.1 Å². The number of carbonyl (C=O) groups excluding carboxylic acids is 1. The van der Waals surface area contributed by atoms with E-state index in [0.29, 0.717) is 24.2 Å². The van der Waals surface area contributed by atoms with Gasteiger partial charge in [-0.15, -0.1) is 0 Å². The molecule has 0 aliphatic rings. The summed E-state index contributed by atoms with van der Waals surface area (Å²) in [6, 6.07) is 11.9. The lowest BCUT2D eigenvalue weighted by molar-refractivity contribution is 0.0752. The molecule has 0 bridgehead atoms. The lowest BCUT2D eigenvalue weighted by Gasteiger charge is -2.21. The average molecular weight is 335 g/mol. The topological polar surface area (TPSA) is 54.5 Å². The SMILES string of the molecule is CCN(Cc1cccc(F)c1)C(=O)c1ccc(S(C)(=O)=O)cc1. The Morgan fingerprint density at radius 1 is 1.13 bits per heavy atom. The van der Waals surface area contributed by atoms with E-state index in [2.05, 4.69) is 0 Å². The second-order valence-corrected chi connectivity index (χ2v) is 7.26. The number of halogens is 1. The number of benzene rings is 2. The lowest BCUT2D eigenvalue weighted by atomic mass is 10.1. The molecular formula is C17H18FNO3S. The zero-order valence-electron chi connectivity index (χ0n) is 13.0. The number of hydrogen-bond donors (Lipinski definition) is 0. The second kappa shape index (κ2) is 6.91. The zero-order valence-corrected chi connectivity index (χ0v) is 13.8. The molecule has 0 aromatic heterocycles. The Bertz CT molecular complexity index is 801. The molecule has 2 aromatic carbocycles. The first-order valence-electron chi connectivity index (χ1n) is 7.15. The van der Waals surface area contributed by atoms with Gasteiger partial charge in [0.2, 0.25) is 0 Å². The molecule has 0 heterocycles. The van der Waals surface area contributed by atoms with Gasteiger partial charge in [0, 0.05) is 24.9 Å². The highest BCUT2D eigenvalue weighted by molar-refractivity contribution is 7.90. The predicted molar refractivity (Wildman–Crippen MR) is 86.4 cm³/mol. The van der Waals surface area contributed by atoms with Crippen LogP contribution in [0.15, 0.2) is 53.4 Å². The summed E-state index contributed by atoms with van der Waals surface area (Å²) in [5, 5.41) is 0. The molecule has 0 aliphatic carbocycles. The van der Waals surface area contributed by atoms with E-state index in [9.17, 15) is 17.6 Å². The molecule has 0 saturated carbocycles. The molecule has 0 spiro atoms. The quantitative estimate of drug-likeness (QED) is 0.844. The Kier molecular flexibility index (Phi) is 5.15. The summed E-state index contributed by atoms with van der Waals surface area (Å²) in [6.45, 7) is 2.59. The number of carbonyl (C=O) groups is 1. The molecule has 0 N–H and O–H groups in total. The maximum absolute atomic E-state index is 13.2. The van der Waals surface area contributed by atoms with Crippen molar-refractivity contribution in [2.45, 2.75) is 18.4 Å². The van der Waals surface area contributed by atoms with Gasteiger partial charge < -0.3 is 4.90 Å². The van der Waals surface area contributed by atoms with E-state index in [4.69, 9.17) is 0 Å². The Morgan fingerprint density at radius 2 is 1.78 bits per heavy atom. The normalized spacial score (nSPS) is 11.3. The highest BCUT2D eigenvalue weighted by Gasteiger charge is 2.16. The van der Waals surface area contributed by atoms with Crippen LogP contribution < -0.4 is 0 Å².